The van der Waals surface area contributed by atoms with Gasteiger partial charge in [-0.25, -0.2) is 4.79 Å². The van der Waals surface area contributed by atoms with Gasteiger partial charge in [-0.3, -0.25) is 4.68 Å². The third-order valence-electron chi connectivity index (χ3n) is 5.57. The second-order valence-corrected chi connectivity index (χ2v) is 7.21. The van der Waals surface area contributed by atoms with E-state index in [4.69, 9.17) is 5.10 Å². The Hall–Kier alpha value is -2.30. The normalized spacial score (nSPS) is 16.8. The minimum atomic E-state index is -0.00417. The van der Waals surface area contributed by atoms with Gasteiger partial charge in [0.15, 0.2) is 0 Å². The standard InChI is InChI=1S/C20H26N4O/c1-23-19-13-7-12-17(19)18(22-23)14-24(16-10-5-6-11-16)20(25)21-15-8-3-2-4-9-15/h2-4,8-9,16H,5-7,10-14H2,1H3,(H,21,25). The summed E-state index contributed by atoms with van der Waals surface area (Å²) in [4.78, 5) is 15.0. The number of carbonyl (C=O) groups is 1. The van der Waals surface area contributed by atoms with Crippen LogP contribution in [-0.4, -0.2) is 26.8 Å². The quantitative estimate of drug-likeness (QED) is 0.919. The minimum absolute atomic E-state index is 0.00417. The third kappa shape index (κ3) is 3.28. The van der Waals surface area contributed by atoms with Crippen LogP contribution in [0.4, 0.5) is 10.5 Å². The average molecular weight is 338 g/mol. The number of rotatable bonds is 4. The van der Waals surface area contributed by atoms with E-state index in [1.165, 1.54) is 30.5 Å². The maximum absolute atomic E-state index is 13.0. The first-order chi connectivity index (χ1) is 12.2. The Kier molecular flexibility index (Phi) is 4.47. The van der Waals surface area contributed by atoms with Crippen LogP contribution in [0.15, 0.2) is 30.3 Å². The van der Waals surface area contributed by atoms with E-state index in [1.54, 1.807) is 0 Å². The number of benzene rings is 1. The molecule has 0 spiro atoms. The summed E-state index contributed by atoms with van der Waals surface area (Å²) in [7, 11) is 2.03. The van der Waals surface area contributed by atoms with Crippen LogP contribution >= 0.6 is 0 Å². The van der Waals surface area contributed by atoms with Crippen molar-refractivity contribution < 1.29 is 4.79 Å². The molecular weight excluding hydrogens is 312 g/mol. The van der Waals surface area contributed by atoms with Gasteiger partial charge < -0.3 is 10.2 Å². The molecule has 0 saturated heterocycles. The lowest BCUT2D eigenvalue weighted by Crippen LogP contribution is -2.41. The van der Waals surface area contributed by atoms with Gasteiger partial charge in [0.1, 0.15) is 0 Å². The molecule has 0 atom stereocenters. The molecule has 1 N–H and O–H groups in total. The van der Waals surface area contributed by atoms with Crippen LogP contribution in [-0.2, 0) is 26.4 Å². The number of carbonyl (C=O) groups excluding carboxylic acids is 1. The predicted molar refractivity (Wildman–Crippen MR) is 98.5 cm³/mol. The van der Waals surface area contributed by atoms with E-state index in [0.717, 1.165) is 37.1 Å². The summed E-state index contributed by atoms with van der Waals surface area (Å²) in [5.74, 6) is 0. The van der Waals surface area contributed by atoms with Gasteiger partial charge in [0, 0.05) is 24.5 Å². The molecule has 5 heteroatoms. The lowest BCUT2D eigenvalue weighted by Gasteiger charge is -2.29. The van der Waals surface area contributed by atoms with E-state index < -0.39 is 0 Å². The summed E-state index contributed by atoms with van der Waals surface area (Å²) >= 11 is 0. The molecule has 1 fully saturated rings. The largest absolute Gasteiger partial charge is 0.322 e. The molecule has 0 radical (unpaired) electrons. The van der Waals surface area contributed by atoms with Crippen LogP contribution in [0.1, 0.15) is 49.1 Å². The Bertz CT molecular complexity index is 747. The molecule has 2 aliphatic carbocycles. The molecule has 1 aromatic carbocycles. The fourth-order valence-corrected chi connectivity index (χ4v) is 4.29. The number of aryl methyl sites for hydroxylation is 1. The van der Waals surface area contributed by atoms with E-state index in [9.17, 15) is 4.79 Å². The zero-order valence-electron chi connectivity index (χ0n) is 14.9. The summed E-state index contributed by atoms with van der Waals surface area (Å²) in [6, 6.07) is 10.0. The lowest BCUT2D eigenvalue weighted by molar-refractivity contribution is 0.183. The number of nitrogens with zero attached hydrogens (tertiary/aromatic N) is 3. The SMILES string of the molecule is Cn1nc(CN(C(=O)Nc2ccccc2)C2CCCC2)c2c1CCC2. The van der Waals surface area contributed by atoms with Crippen molar-refractivity contribution in [3.63, 3.8) is 0 Å². The van der Waals surface area contributed by atoms with E-state index >= 15 is 0 Å². The maximum atomic E-state index is 13.0. The topological polar surface area (TPSA) is 50.2 Å². The zero-order chi connectivity index (χ0) is 17.2. The van der Waals surface area contributed by atoms with Gasteiger partial charge >= 0.3 is 6.03 Å². The van der Waals surface area contributed by atoms with Crippen LogP contribution in [0, 0.1) is 0 Å². The molecule has 1 saturated carbocycles. The number of hydrogen-bond acceptors (Lipinski definition) is 2. The number of hydrogen-bond donors (Lipinski definition) is 1. The smallest absolute Gasteiger partial charge is 0.316 e. The van der Waals surface area contributed by atoms with Crippen molar-refractivity contribution in [3.8, 4) is 0 Å². The molecule has 1 heterocycles. The second kappa shape index (κ2) is 6.90. The van der Waals surface area contributed by atoms with Crippen LogP contribution in [0.3, 0.4) is 0 Å². The fourth-order valence-electron chi connectivity index (χ4n) is 4.29. The highest BCUT2D eigenvalue weighted by atomic mass is 16.2. The van der Waals surface area contributed by atoms with Gasteiger partial charge in [0.05, 0.1) is 12.2 Å². The first-order valence-electron chi connectivity index (χ1n) is 9.38. The minimum Gasteiger partial charge on any atom is -0.316 e. The first kappa shape index (κ1) is 16.2. The number of urea groups is 1. The van der Waals surface area contributed by atoms with Crippen molar-refractivity contribution in [2.75, 3.05) is 5.32 Å². The Labute approximate surface area is 149 Å². The fraction of sp³-hybridized carbons (Fsp3) is 0.500. The number of amides is 2. The Morgan fingerprint density at radius 3 is 2.72 bits per heavy atom. The average Bonchev–Trinajstić information content (AvgIpc) is 3.34. The number of nitrogens with one attached hydrogen (secondary N) is 1. The van der Waals surface area contributed by atoms with Crippen molar-refractivity contribution in [2.45, 2.75) is 57.5 Å². The molecule has 2 amide bonds. The number of anilines is 1. The highest BCUT2D eigenvalue weighted by molar-refractivity contribution is 5.89. The van der Waals surface area contributed by atoms with E-state index in [-0.39, 0.29) is 6.03 Å². The maximum Gasteiger partial charge on any atom is 0.322 e. The molecule has 1 aromatic heterocycles. The number of aromatic nitrogens is 2. The lowest BCUT2D eigenvalue weighted by atomic mass is 10.1. The molecule has 0 bridgehead atoms. The molecule has 2 aliphatic rings. The zero-order valence-corrected chi connectivity index (χ0v) is 14.9. The van der Waals surface area contributed by atoms with Gasteiger partial charge in [-0.1, -0.05) is 31.0 Å². The van der Waals surface area contributed by atoms with Crippen LogP contribution in [0.2, 0.25) is 0 Å². The molecule has 2 aromatic rings. The number of fused-ring (bicyclic) bond motifs is 1. The van der Waals surface area contributed by atoms with Crippen LogP contribution < -0.4 is 5.32 Å². The summed E-state index contributed by atoms with van der Waals surface area (Å²) in [6.45, 7) is 0.618. The molecule has 0 aliphatic heterocycles. The van der Waals surface area contributed by atoms with Crippen LogP contribution in [0.5, 0.6) is 0 Å². The summed E-state index contributed by atoms with van der Waals surface area (Å²) in [6.07, 6.45) is 8.01. The van der Waals surface area contributed by atoms with Crippen LogP contribution in [0.25, 0.3) is 0 Å². The van der Waals surface area contributed by atoms with Gasteiger partial charge in [-0.15, -0.1) is 0 Å². The van der Waals surface area contributed by atoms with Gasteiger partial charge in [-0.05, 0) is 49.8 Å². The van der Waals surface area contributed by atoms with E-state index in [2.05, 4.69) is 5.32 Å². The molecular formula is C20H26N4O. The highest BCUT2D eigenvalue weighted by Gasteiger charge is 2.30. The van der Waals surface area contributed by atoms with Gasteiger partial charge in [0.25, 0.3) is 0 Å². The molecule has 0 unspecified atom stereocenters. The monoisotopic (exact) mass is 338 g/mol. The summed E-state index contributed by atoms with van der Waals surface area (Å²) < 4.78 is 2.01. The first-order valence-corrected chi connectivity index (χ1v) is 9.38. The molecule has 25 heavy (non-hydrogen) atoms. The van der Waals surface area contributed by atoms with Gasteiger partial charge in [-0.2, -0.15) is 5.10 Å². The predicted octanol–water partition coefficient (Wildman–Crippen LogP) is 3.89. The second-order valence-electron chi connectivity index (χ2n) is 7.21. The Balaban J connectivity index is 1.56. The van der Waals surface area contributed by atoms with E-state index in [0.29, 0.717) is 12.6 Å². The van der Waals surface area contributed by atoms with Crippen molar-refractivity contribution in [3.05, 3.63) is 47.3 Å². The van der Waals surface area contributed by atoms with E-state index in [1.807, 2.05) is 47.0 Å². The van der Waals surface area contributed by atoms with Crippen molar-refractivity contribution in [1.29, 1.82) is 0 Å². The molecule has 4 rings (SSSR count). The molecule has 132 valence electrons. The third-order valence-corrected chi connectivity index (χ3v) is 5.57. The van der Waals surface area contributed by atoms with Crippen molar-refractivity contribution >= 4 is 11.7 Å². The highest BCUT2D eigenvalue weighted by Crippen LogP contribution is 2.29. The Morgan fingerprint density at radius 1 is 1.20 bits per heavy atom. The Morgan fingerprint density at radius 2 is 1.96 bits per heavy atom. The van der Waals surface area contributed by atoms with Crippen molar-refractivity contribution in [1.82, 2.24) is 14.7 Å². The summed E-state index contributed by atoms with van der Waals surface area (Å²) in [5.41, 5.74) is 4.66. The molecule has 5 nitrogen and oxygen atoms in total. The summed E-state index contributed by atoms with van der Waals surface area (Å²) in [5, 5.41) is 7.79. The van der Waals surface area contributed by atoms with Crippen molar-refractivity contribution in [2.24, 2.45) is 7.05 Å². The van der Waals surface area contributed by atoms with Gasteiger partial charge in [0.2, 0.25) is 0 Å². The number of para-hydroxylation sites is 1.